The SMILES string of the molecule is O=C1C(=C2C=CC(=[N+]3CCCC3)S2)C(=O)C(c2ccc(N3CCCC3)s2)C1O. The number of hydrogen-bond donors (Lipinski definition) is 1. The predicted octanol–water partition coefficient (Wildman–Crippen LogP) is 2.71. The van der Waals surface area contributed by atoms with Crippen LogP contribution in [0.4, 0.5) is 5.00 Å². The molecule has 1 N–H and O–H groups in total. The van der Waals surface area contributed by atoms with Crippen LogP contribution in [-0.2, 0) is 9.59 Å². The number of thiophene rings is 1. The molecule has 146 valence electrons. The van der Waals surface area contributed by atoms with E-state index < -0.39 is 17.8 Å². The molecule has 2 atom stereocenters. The molecule has 7 heteroatoms. The van der Waals surface area contributed by atoms with Crippen molar-refractivity contribution in [3.63, 3.8) is 0 Å². The fourth-order valence-corrected chi connectivity index (χ4v) is 6.73. The molecule has 1 aliphatic carbocycles. The summed E-state index contributed by atoms with van der Waals surface area (Å²) < 4.78 is 2.30. The van der Waals surface area contributed by atoms with Crippen LogP contribution >= 0.6 is 23.1 Å². The van der Waals surface area contributed by atoms with Gasteiger partial charge in [-0.2, -0.15) is 0 Å². The minimum absolute atomic E-state index is 0.184. The average molecular weight is 416 g/mol. The maximum atomic E-state index is 13.2. The summed E-state index contributed by atoms with van der Waals surface area (Å²) in [6.07, 6.45) is 7.32. The van der Waals surface area contributed by atoms with Gasteiger partial charge in [0.1, 0.15) is 19.2 Å². The molecule has 0 spiro atoms. The van der Waals surface area contributed by atoms with Crippen LogP contribution in [0.3, 0.4) is 0 Å². The van der Waals surface area contributed by atoms with Crippen LogP contribution < -0.4 is 4.90 Å². The second-order valence-corrected chi connectivity index (χ2v) is 9.88. The molecular weight excluding hydrogens is 392 g/mol. The van der Waals surface area contributed by atoms with Crippen molar-refractivity contribution < 1.29 is 19.3 Å². The maximum Gasteiger partial charge on any atom is 0.239 e. The summed E-state index contributed by atoms with van der Waals surface area (Å²) in [6, 6.07) is 3.93. The molecule has 1 aromatic heterocycles. The van der Waals surface area contributed by atoms with Gasteiger partial charge in [-0.3, -0.25) is 9.59 Å². The smallest absolute Gasteiger partial charge is 0.239 e. The minimum atomic E-state index is -1.27. The topological polar surface area (TPSA) is 60.6 Å². The number of hydrogen-bond acceptors (Lipinski definition) is 6. The fraction of sp³-hybridized carbons (Fsp3) is 0.476. The Morgan fingerprint density at radius 2 is 1.75 bits per heavy atom. The number of allylic oxidation sites excluding steroid dienone is 1. The van der Waals surface area contributed by atoms with Gasteiger partial charge in [-0.25, -0.2) is 4.58 Å². The summed E-state index contributed by atoms with van der Waals surface area (Å²) in [5, 5.41) is 12.8. The second kappa shape index (κ2) is 7.28. The van der Waals surface area contributed by atoms with Crippen molar-refractivity contribution in [2.45, 2.75) is 37.7 Å². The van der Waals surface area contributed by atoms with Gasteiger partial charge in [-0.1, -0.05) is 0 Å². The number of anilines is 1. The average Bonchev–Trinajstić information content (AvgIpc) is 3.49. The Labute approximate surface area is 172 Å². The van der Waals surface area contributed by atoms with Crippen LogP contribution in [0.25, 0.3) is 0 Å². The molecule has 0 amide bonds. The van der Waals surface area contributed by atoms with E-state index >= 15 is 0 Å². The Morgan fingerprint density at radius 3 is 2.50 bits per heavy atom. The number of aliphatic hydroxyl groups excluding tert-OH is 1. The van der Waals surface area contributed by atoms with Crippen LogP contribution in [0.5, 0.6) is 0 Å². The molecular formula is C21H23N2O3S2+. The van der Waals surface area contributed by atoms with Crippen LogP contribution in [0.15, 0.2) is 34.8 Å². The van der Waals surface area contributed by atoms with Gasteiger partial charge in [0.2, 0.25) is 5.04 Å². The van der Waals surface area contributed by atoms with Gasteiger partial charge in [-0.15, -0.1) is 11.3 Å². The van der Waals surface area contributed by atoms with Gasteiger partial charge in [0.15, 0.2) is 11.6 Å². The zero-order valence-corrected chi connectivity index (χ0v) is 17.2. The molecule has 2 saturated heterocycles. The Kier molecular flexibility index (Phi) is 4.77. The minimum Gasteiger partial charge on any atom is -0.384 e. The largest absolute Gasteiger partial charge is 0.384 e. The molecule has 0 bridgehead atoms. The molecule has 0 aromatic carbocycles. The molecule has 1 saturated carbocycles. The Bertz CT molecular complexity index is 929. The van der Waals surface area contributed by atoms with E-state index in [1.165, 1.54) is 48.8 Å². The number of thioether (sulfide) groups is 1. The normalized spacial score (nSPS) is 30.5. The summed E-state index contributed by atoms with van der Waals surface area (Å²) in [5.41, 5.74) is 0.184. The van der Waals surface area contributed by atoms with Crippen molar-refractivity contribution in [3.05, 3.63) is 39.6 Å². The molecule has 3 fully saturated rings. The number of nitrogens with zero attached hydrogens (tertiary/aromatic N) is 2. The van der Waals surface area contributed by atoms with Crippen LogP contribution in [0, 0.1) is 0 Å². The van der Waals surface area contributed by atoms with Crippen LogP contribution in [-0.4, -0.2) is 58.6 Å². The molecule has 28 heavy (non-hydrogen) atoms. The number of rotatable bonds is 2. The van der Waals surface area contributed by atoms with Crippen molar-refractivity contribution in [3.8, 4) is 0 Å². The maximum absolute atomic E-state index is 13.2. The first-order valence-electron chi connectivity index (χ1n) is 9.97. The van der Waals surface area contributed by atoms with Gasteiger partial charge in [-0.05, 0) is 42.8 Å². The standard InChI is InChI=1S/C21H23N2O3S2/c24-19-17(13-5-7-15(27-13)22-9-1-2-10-22)20(25)21(26)18(19)14-6-8-16(28-14)23-11-3-4-12-23/h5-8,17,20,25H,1-4,9-12H2/q+1. The lowest BCUT2D eigenvalue weighted by molar-refractivity contribution is -0.502. The van der Waals surface area contributed by atoms with Gasteiger partial charge in [0.25, 0.3) is 0 Å². The van der Waals surface area contributed by atoms with E-state index in [4.69, 9.17) is 0 Å². The summed E-state index contributed by atoms with van der Waals surface area (Å²) in [6.45, 7) is 4.12. The third-order valence-corrected chi connectivity index (χ3v) is 8.35. The Balaban J connectivity index is 1.43. The van der Waals surface area contributed by atoms with E-state index in [-0.39, 0.29) is 11.4 Å². The van der Waals surface area contributed by atoms with Crippen LogP contribution in [0.2, 0.25) is 0 Å². The highest BCUT2D eigenvalue weighted by atomic mass is 32.2. The lowest BCUT2D eigenvalue weighted by Gasteiger charge is -2.14. The quantitative estimate of drug-likeness (QED) is 0.457. The first kappa shape index (κ1) is 18.3. The summed E-state index contributed by atoms with van der Waals surface area (Å²) >= 11 is 3.03. The summed E-state index contributed by atoms with van der Waals surface area (Å²) in [4.78, 5) is 29.7. The van der Waals surface area contributed by atoms with Gasteiger partial charge in [0.05, 0.1) is 16.5 Å². The fourth-order valence-electron chi connectivity index (χ4n) is 4.43. The Hall–Kier alpha value is -1.70. The molecule has 4 aliphatic rings. The van der Waals surface area contributed by atoms with Crippen molar-refractivity contribution in [2.75, 3.05) is 31.1 Å². The highest BCUT2D eigenvalue weighted by molar-refractivity contribution is 8.18. The van der Waals surface area contributed by atoms with E-state index in [1.807, 2.05) is 24.3 Å². The molecule has 4 heterocycles. The van der Waals surface area contributed by atoms with Crippen molar-refractivity contribution >= 4 is 44.7 Å². The third kappa shape index (κ3) is 3.00. The van der Waals surface area contributed by atoms with E-state index in [2.05, 4.69) is 9.48 Å². The molecule has 0 radical (unpaired) electrons. The lowest BCUT2D eigenvalue weighted by Crippen LogP contribution is -2.20. The van der Waals surface area contributed by atoms with E-state index in [1.54, 1.807) is 0 Å². The summed E-state index contributed by atoms with van der Waals surface area (Å²) in [5.74, 6) is -1.43. The summed E-state index contributed by atoms with van der Waals surface area (Å²) in [7, 11) is 0. The van der Waals surface area contributed by atoms with Crippen molar-refractivity contribution in [1.29, 1.82) is 0 Å². The highest BCUT2D eigenvalue weighted by Crippen LogP contribution is 2.43. The zero-order valence-electron chi connectivity index (χ0n) is 15.6. The molecule has 1 aromatic rings. The number of ketones is 2. The Morgan fingerprint density at radius 1 is 1.00 bits per heavy atom. The number of Topliss-reactive ketones (excluding diaryl/α,β-unsaturated/α-hetero) is 2. The van der Waals surface area contributed by atoms with Gasteiger partial charge < -0.3 is 10.0 Å². The monoisotopic (exact) mass is 415 g/mol. The third-order valence-electron chi connectivity index (χ3n) is 5.95. The number of carbonyl (C=O) groups excluding carboxylic acids is 2. The van der Waals surface area contributed by atoms with Crippen molar-refractivity contribution in [2.24, 2.45) is 0 Å². The first-order chi connectivity index (χ1) is 13.6. The number of aliphatic hydroxyl groups is 1. The second-order valence-electron chi connectivity index (χ2n) is 7.73. The van der Waals surface area contributed by atoms with Crippen molar-refractivity contribution in [1.82, 2.24) is 0 Å². The molecule has 2 unspecified atom stereocenters. The molecule has 5 nitrogen and oxygen atoms in total. The number of carbonyl (C=O) groups is 2. The predicted molar refractivity (Wildman–Crippen MR) is 113 cm³/mol. The van der Waals surface area contributed by atoms with Crippen LogP contribution in [0.1, 0.15) is 36.5 Å². The molecule has 3 aliphatic heterocycles. The van der Waals surface area contributed by atoms with E-state index in [0.717, 1.165) is 41.1 Å². The van der Waals surface area contributed by atoms with E-state index in [9.17, 15) is 14.7 Å². The first-order valence-corrected chi connectivity index (χ1v) is 11.6. The molecule has 5 rings (SSSR count). The van der Waals surface area contributed by atoms with Gasteiger partial charge >= 0.3 is 0 Å². The van der Waals surface area contributed by atoms with Gasteiger partial charge in [0, 0.05) is 41.8 Å². The van der Waals surface area contributed by atoms with E-state index in [0.29, 0.717) is 4.91 Å². The zero-order chi connectivity index (χ0) is 19.3. The highest BCUT2D eigenvalue weighted by Gasteiger charge is 2.48. The lowest BCUT2D eigenvalue weighted by atomic mass is 10.0.